The maximum absolute atomic E-state index is 12.3. The molecule has 4 aromatic rings. The van der Waals surface area contributed by atoms with E-state index in [9.17, 15) is 21.6 Å². The summed E-state index contributed by atoms with van der Waals surface area (Å²) in [7, 11) is -3.66. The van der Waals surface area contributed by atoms with Crippen LogP contribution >= 0.6 is 11.3 Å². The predicted octanol–water partition coefficient (Wildman–Crippen LogP) is 4.94. The van der Waals surface area contributed by atoms with Crippen molar-refractivity contribution in [3.8, 4) is 17.4 Å². The van der Waals surface area contributed by atoms with Crippen LogP contribution < -0.4 is 13.7 Å². The van der Waals surface area contributed by atoms with Crippen LogP contribution in [0.2, 0.25) is 0 Å². The summed E-state index contributed by atoms with van der Waals surface area (Å²) in [5, 5.41) is 10.00. The lowest BCUT2D eigenvalue weighted by atomic mass is 10.2. The number of benzene rings is 2. The summed E-state index contributed by atoms with van der Waals surface area (Å²) in [6, 6.07) is 13.0. The normalized spacial score (nSPS) is 12.1. The Balaban J connectivity index is 1.17. The Kier molecular flexibility index (Phi) is 9.39. The predicted molar refractivity (Wildman–Crippen MR) is 140 cm³/mol. The zero-order chi connectivity index (χ0) is 28.6. The number of hydrogen-bond donors (Lipinski definition) is 0. The molecular weight excluding hydrogens is 573 g/mol. The third-order valence-electron chi connectivity index (χ3n) is 4.90. The van der Waals surface area contributed by atoms with Gasteiger partial charge in [0.05, 0.1) is 37.9 Å². The molecule has 0 aliphatic carbocycles. The van der Waals surface area contributed by atoms with Crippen molar-refractivity contribution in [1.82, 2.24) is 20.0 Å². The van der Waals surface area contributed by atoms with Crippen LogP contribution in [-0.4, -0.2) is 47.6 Å². The summed E-state index contributed by atoms with van der Waals surface area (Å²) in [6.07, 6.45) is 1.10. The monoisotopic (exact) mass is 596 g/mol. The number of aromatic nitrogens is 4. The van der Waals surface area contributed by atoms with Gasteiger partial charge in [0.25, 0.3) is 5.88 Å². The maximum atomic E-state index is 12.3. The van der Waals surface area contributed by atoms with E-state index in [2.05, 4.69) is 24.2 Å². The third kappa shape index (κ3) is 9.98. The van der Waals surface area contributed by atoms with Gasteiger partial charge in [-0.1, -0.05) is 40.7 Å². The lowest BCUT2D eigenvalue weighted by molar-refractivity contribution is -0.274. The van der Waals surface area contributed by atoms with Crippen LogP contribution in [0.4, 0.5) is 13.2 Å². The molecule has 0 amide bonds. The Morgan fingerprint density at radius 1 is 1.00 bits per heavy atom. The van der Waals surface area contributed by atoms with Gasteiger partial charge in [-0.25, -0.2) is 9.67 Å². The van der Waals surface area contributed by atoms with E-state index in [4.69, 9.17) is 9.47 Å². The largest absolute Gasteiger partial charge is 0.573 e. The fourth-order valence-electron chi connectivity index (χ4n) is 3.18. The van der Waals surface area contributed by atoms with Crippen molar-refractivity contribution >= 4 is 33.6 Å². The minimum absolute atomic E-state index is 0.101. The number of rotatable bonds is 13. The molecule has 0 aliphatic heterocycles. The van der Waals surface area contributed by atoms with Gasteiger partial charge in [0, 0.05) is 5.38 Å². The highest BCUT2D eigenvalue weighted by Crippen LogP contribution is 2.24. The van der Waals surface area contributed by atoms with Crippen LogP contribution in [0.5, 0.6) is 17.4 Å². The highest BCUT2D eigenvalue weighted by molar-refractivity contribution is 7.86. The summed E-state index contributed by atoms with van der Waals surface area (Å²) in [6.45, 7) is 1.34. The van der Waals surface area contributed by atoms with Gasteiger partial charge in [0.15, 0.2) is 0 Å². The molecule has 2 heterocycles. The van der Waals surface area contributed by atoms with Crippen molar-refractivity contribution in [2.45, 2.75) is 26.1 Å². The highest BCUT2D eigenvalue weighted by atomic mass is 32.2. The molecule has 0 fully saturated rings. The Bertz CT molecular complexity index is 1520. The summed E-state index contributed by atoms with van der Waals surface area (Å²) < 4.78 is 80.4. The Hall–Kier alpha value is -3.95. The first-order valence-corrected chi connectivity index (χ1v) is 14.3. The molecule has 0 N–H and O–H groups in total. The van der Waals surface area contributed by atoms with Crippen molar-refractivity contribution in [2.24, 2.45) is 0 Å². The minimum atomic E-state index is -4.72. The number of alkyl halides is 3. The average Bonchev–Trinajstić information content (AvgIpc) is 3.53. The molecule has 0 radical (unpaired) electrons. The summed E-state index contributed by atoms with van der Waals surface area (Å²) in [5.74, 6) is 0.285. The number of hydrogen-bond acceptors (Lipinski definition) is 10. The van der Waals surface area contributed by atoms with Gasteiger partial charge in [0.2, 0.25) is 0 Å². The van der Waals surface area contributed by atoms with Gasteiger partial charge in [-0.05, 0) is 41.5 Å². The molecule has 10 nitrogen and oxygen atoms in total. The molecule has 0 aliphatic rings. The fourth-order valence-corrected chi connectivity index (χ4v) is 4.26. The Morgan fingerprint density at radius 2 is 1.73 bits per heavy atom. The van der Waals surface area contributed by atoms with Gasteiger partial charge in [0.1, 0.15) is 23.1 Å². The second kappa shape index (κ2) is 12.9. The maximum Gasteiger partial charge on any atom is 0.573 e. The lowest BCUT2D eigenvalue weighted by Crippen LogP contribution is -2.16. The topological polar surface area (TPSA) is 115 Å². The molecule has 212 valence electrons. The SMILES string of the molecule is CS(=O)(=O)Oc1cn(CCOCc2ccc(OCc3csc(C=Cc4ccc(OC(F)(F)F)cc4)n3)cc2)nn1. The molecule has 2 aromatic carbocycles. The minimum Gasteiger partial charge on any atom is -0.487 e. The quantitative estimate of drug-likeness (QED) is 0.156. The Labute approximate surface area is 231 Å². The van der Waals surface area contributed by atoms with Crippen LogP contribution in [-0.2, 0) is 34.6 Å². The molecule has 4 rings (SSSR count). The van der Waals surface area contributed by atoms with Crippen LogP contribution in [0.15, 0.2) is 60.1 Å². The molecule has 0 atom stereocenters. The van der Waals surface area contributed by atoms with E-state index < -0.39 is 16.5 Å². The third-order valence-corrected chi connectivity index (χ3v) is 6.23. The Morgan fingerprint density at radius 3 is 2.42 bits per heavy atom. The van der Waals surface area contributed by atoms with Crippen molar-refractivity contribution < 1.29 is 40.0 Å². The van der Waals surface area contributed by atoms with Crippen LogP contribution in [0.3, 0.4) is 0 Å². The average molecular weight is 597 g/mol. The van der Waals surface area contributed by atoms with Gasteiger partial charge in [-0.15, -0.1) is 24.5 Å². The van der Waals surface area contributed by atoms with Gasteiger partial charge >= 0.3 is 16.5 Å². The summed E-state index contributed by atoms with van der Waals surface area (Å²) in [4.78, 5) is 4.48. The van der Waals surface area contributed by atoms with Crippen molar-refractivity contribution in [1.29, 1.82) is 0 Å². The molecule has 40 heavy (non-hydrogen) atoms. The first-order chi connectivity index (χ1) is 19.0. The number of thiazole rings is 1. The van der Waals surface area contributed by atoms with Gasteiger partial charge in [-0.2, -0.15) is 8.42 Å². The van der Waals surface area contributed by atoms with E-state index in [1.54, 1.807) is 12.2 Å². The lowest BCUT2D eigenvalue weighted by Gasteiger charge is -2.08. The molecule has 0 unspecified atom stereocenters. The summed E-state index contributed by atoms with van der Waals surface area (Å²) >= 11 is 1.42. The van der Waals surface area contributed by atoms with E-state index in [0.717, 1.165) is 22.5 Å². The van der Waals surface area contributed by atoms with Crippen molar-refractivity contribution in [2.75, 3.05) is 12.9 Å². The first kappa shape index (κ1) is 29.0. The van der Waals surface area contributed by atoms with E-state index in [1.807, 2.05) is 29.6 Å². The van der Waals surface area contributed by atoms with Crippen LogP contribution in [0, 0.1) is 0 Å². The molecule has 0 spiro atoms. The van der Waals surface area contributed by atoms with E-state index in [1.165, 1.54) is 46.5 Å². The smallest absolute Gasteiger partial charge is 0.487 e. The zero-order valence-corrected chi connectivity index (χ0v) is 22.6. The number of nitrogens with zero attached hydrogens (tertiary/aromatic N) is 4. The first-order valence-electron chi connectivity index (χ1n) is 11.6. The molecule has 15 heteroatoms. The summed E-state index contributed by atoms with van der Waals surface area (Å²) in [5.41, 5.74) is 2.38. The standard InChI is InChI=1S/C25H23F3N4O6S2/c1-40(33,34)38-23-14-32(31-30-23)12-13-35-15-19-4-7-21(8-5-19)36-16-20-17-39-24(29-20)11-6-18-2-9-22(10-3-18)37-25(26,27)28/h2-11,14,17H,12-13,15-16H2,1H3. The second-order valence-electron chi connectivity index (χ2n) is 8.22. The van der Waals surface area contributed by atoms with Gasteiger partial charge in [-0.3, -0.25) is 0 Å². The number of ether oxygens (including phenoxy) is 3. The van der Waals surface area contributed by atoms with Crippen molar-refractivity contribution in [3.63, 3.8) is 0 Å². The fraction of sp³-hybridized carbons (Fsp3) is 0.240. The van der Waals surface area contributed by atoms with Crippen molar-refractivity contribution in [3.05, 3.63) is 81.9 Å². The number of halogens is 3. The van der Waals surface area contributed by atoms with Crippen LogP contribution in [0.1, 0.15) is 21.8 Å². The second-order valence-corrected chi connectivity index (χ2v) is 10.7. The molecule has 0 saturated heterocycles. The molecular formula is C25H23F3N4O6S2. The highest BCUT2D eigenvalue weighted by Gasteiger charge is 2.30. The van der Waals surface area contributed by atoms with E-state index >= 15 is 0 Å². The molecule has 0 saturated carbocycles. The van der Waals surface area contributed by atoms with E-state index in [0.29, 0.717) is 31.1 Å². The zero-order valence-electron chi connectivity index (χ0n) is 20.9. The van der Waals surface area contributed by atoms with E-state index in [-0.39, 0.29) is 18.2 Å². The molecule has 0 bridgehead atoms. The van der Waals surface area contributed by atoms with Gasteiger partial charge < -0.3 is 18.4 Å². The molecule has 2 aromatic heterocycles. The van der Waals surface area contributed by atoms with Crippen LogP contribution in [0.25, 0.3) is 12.2 Å².